The normalized spacial score (nSPS) is 16.3. The smallest absolute Gasteiger partial charge is 0.306 e. The third-order valence-electron chi connectivity index (χ3n) is 5.38. The highest BCUT2D eigenvalue weighted by Gasteiger charge is 2.25. The van der Waals surface area contributed by atoms with E-state index in [1.165, 1.54) is 0 Å². The monoisotopic (exact) mass is 465 g/mol. The van der Waals surface area contributed by atoms with E-state index in [-0.39, 0.29) is 25.8 Å². The van der Waals surface area contributed by atoms with Crippen LogP contribution >= 0.6 is 11.6 Å². The van der Waals surface area contributed by atoms with E-state index in [1.54, 1.807) is 40.7 Å². The van der Waals surface area contributed by atoms with E-state index in [4.69, 9.17) is 25.8 Å². The fraction of sp³-hybridized carbons (Fsp3) is 0.409. The molecule has 0 unspecified atom stereocenters. The van der Waals surface area contributed by atoms with Crippen molar-refractivity contribution < 1.29 is 27.4 Å². The number of fused-ring (bicyclic) bond motifs is 1. The highest BCUT2D eigenvalue weighted by molar-refractivity contribution is 7.89. The molecule has 0 saturated carbocycles. The third-order valence-corrected chi connectivity index (χ3v) is 7.57. The quantitative estimate of drug-likeness (QED) is 0.576. The van der Waals surface area contributed by atoms with Crippen LogP contribution in [0.2, 0.25) is 5.02 Å². The van der Waals surface area contributed by atoms with Crippen molar-refractivity contribution in [3.63, 3.8) is 0 Å². The summed E-state index contributed by atoms with van der Waals surface area (Å²) in [5.74, 6) is 0.694. The molecule has 2 aliphatic heterocycles. The lowest BCUT2D eigenvalue weighted by Crippen LogP contribution is -2.35. The Morgan fingerprint density at radius 3 is 2.52 bits per heavy atom. The van der Waals surface area contributed by atoms with Crippen molar-refractivity contribution in [2.24, 2.45) is 0 Å². The summed E-state index contributed by atoms with van der Waals surface area (Å²) in [6, 6.07) is 10.1. The number of rotatable bonds is 7. The Bertz CT molecular complexity index is 1050. The molecule has 0 N–H and O–H groups in total. The van der Waals surface area contributed by atoms with Crippen LogP contribution in [0, 0.1) is 0 Å². The molecule has 2 heterocycles. The fourth-order valence-electron chi connectivity index (χ4n) is 3.67. The Balaban J connectivity index is 1.28. The summed E-state index contributed by atoms with van der Waals surface area (Å²) < 4.78 is 42.9. The molecule has 4 rings (SSSR count). The summed E-state index contributed by atoms with van der Waals surface area (Å²) in [7, 11) is -3.45. The SMILES string of the molecule is O=C(CCc1ccc(S(=O)(=O)N2CCCCC2)cc1)OCc1cc(Cl)c2c(c1)OCO2. The largest absolute Gasteiger partial charge is 0.461 e. The zero-order valence-corrected chi connectivity index (χ0v) is 18.6. The van der Waals surface area contributed by atoms with Gasteiger partial charge in [-0.2, -0.15) is 4.31 Å². The van der Waals surface area contributed by atoms with Gasteiger partial charge in [-0.25, -0.2) is 8.42 Å². The molecular formula is C22H24ClNO6S. The molecule has 1 fully saturated rings. The van der Waals surface area contributed by atoms with E-state index in [0.717, 1.165) is 30.4 Å². The molecule has 0 aliphatic carbocycles. The summed E-state index contributed by atoms with van der Waals surface area (Å²) in [4.78, 5) is 12.4. The van der Waals surface area contributed by atoms with Crippen molar-refractivity contribution in [2.45, 2.75) is 43.6 Å². The second kappa shape index (κ2) is 9.46. The van der Waals surface area contributed by atoms with Gasteiger partial charge in [0.25, 0.3) is 0 Å². The minimum atomic E-state index is -3.45. The second-order valence-electron chi connectivity index (χ2n) is 7.58. The van der Waals surface area contributed by atoms with Gasteiger partial charge in [-0.15, -0.1) is 0 Å². The molecule has 0 radical (unpaired) electrons. The zero-order chi connectivity index (χ0) is 21.8. The fourth-order valence-corrected chi connectivity index (χ4v) is 5.47. The molecule has 0 spiro atoms. The predicted octanol–water partition coefficient (Wildman–Crippen LogP) is 3.92. The van der Waals surface area contributed by atoms with E-state index >= 15 is 0 Å². The minimum absolute atomic E-state index is 0.0855. The van der Waals surface area contributed by atoms with Gasteiger partial charge in [-0.05, 0) is 54.7 Å². The van der Waals surface area contributed by atoms with E-state index in [1.807, 2.05) is 0 Å². The van der Waals surface area contributed by atoms with E-state index in [2.05, 4.69) is 0 Å². The molecule has 2 aromatic rings. The highest BCUT2D eigenvalue weighted by Crippen LogP contribution is 2.39. The van der Waals surface area contributed by atoms with Gasteiger partial charge < -0.3 is 14.2 Å². The number of halogens is 1. The lowest BCUT2D eigenvalue weighted by Gasteiger charge is -2.25. The molecule has 0 atom stereocenters. The molecule has 1 saturated heterocycles. The molecule has 9 heteroatoms. The van der Waals surface area contributed by atoms with Crippen LogP contribution < -0.4 is 9.47 Å². The molecule has 7 nitrogen and oxygen atoms in total. The number of sulfonamides is 1. The van der Waals surface area contributed by atoms with Crippen LogP contribution in [0.1, 0.15) is 36.8 Å². The van der Waals surface area contributed by atoms with Crippen molar-refractivity contribution in [3.8, 4) is 11.5 Å². The standard InChI is InChI=1S/C22H24ClNO6S/c23-19-12-17(13-20-22(19)30-15-29-20)14-28-21(25)9-6-16-4-7-18(8-5-16)31(26,27)24-10-2-1-3-11-24/h4-5,7-8,12-13H,1-3,6,9-11,14-15H2. The number of hydrogen-bond acceptors (Lipinski definition) is 6. The van der Waals surface area contributed by atoms with Crippen LogP contribution in [0.4, 0.5) is 0 Å². The maximum atomic E-state index is 12.7. The highest BCUT2D eigenvalue weighted by atomic mass is 35.5. The second-order valence-corrected chi connectivity index (χ2v) is 9.93. The first-order chi connectivity index (χ1) is 14.9. The number of piperidine rings is 1. The van der Waals surface area contributed by atoms with Crippen molar-refractivity contribution >= 4 is 27.6 Å². The molecule has 2 aliphatic rings. The van der Waals surface area contributed by atoms with Gasteiger partial charge in [0.1, 0.15) is 6.61 Å². The molecule has 0 aromatic heterocycles. The van der Waals surface area contributed by atoms with Gasteiger partial charge >= 0.3 is 5.97 Å². The predicted molar refractivity (Wildman–Crippen MR) is 115 cm³/mol. The first-order valence-electron chi connectivity index (χ1n) is 10.3. The number of aryl methyl sites for hydroxylation is 1. The number of hydrogen-bond donors (Lipinski definition) is 0. The number of ether oxygens (including phenoxy) is 3. The van der Waals surface area contributed by atoms with Crippen LogP contribution in [0.15, 0.2) is 41.3 Å². The van der Waals surface area contributed by atoms with Gasteiger partial charge in [0.05, 0.1) is 9.92 Å². The molecule has 2 aromatic carbocycles. The molecule has 31 heavy (non-hydrogen) atoms. The van der Waals surface area contributed by atoms with Gasteiger partial charge in [-0.1, -0.05) is 30.2 Å². The zero-order valence-electron chi connectivity index (χ0n) is 17.0. The van der Waals surface area contributed by atoms with Crippen molar-refractivity contribution in [2.75, 3.05) is 19.9 Å². The maximum Gasteiger partial charge on any atom is 0.306 e. The summed E-state index contributed by atoms with van der Waals surface area (Å²) in [5.41, 5.74) is 1.59. The van der Waals surface area contributed by atoms with Crippen LogP contribution in [0.25, 0.3) is 0 Å². The van der Waals surface area contributed by atoms with Gasteiger partial charge in [0.15, 0.2) is 11.5 Å². The Morgan fingerprint density at radius 1 is 1.03 bits per heavy atom. The summed E-state index contributed by atoms with van der Waals surface area (Å²) >= 11 is 6.13. The van der Waals surface area contributed by atoms with Crippen LogP contribution in [0.3, 0.4) is 0 Å². The Hall–Kier alpha value is -2.29. The number of esters is 1. The average molecular weight is 466 g/mol. The Kier molecular flexibility index (Phi) is 6.69. The summed E-state index contributed by atoms with van der Waals surface area (Å²) in [6.07, 6.45) is 3.53. The molecular weight excluding hydrogens is 442 g/mol. The minimum Gasteiger partial charge on any atom is -0.461 e. The van der Waals surface area contributed by atoms with Gasteiger partial charge in [0.2, 0.25) is 16.8 Å². The van der Waals surface area contributed by atoms with Gasteiger partial charge in [0, 0.05) is 19.5 Å². The van der Waals surface area contributed by atoms with Crippen LogP contribution in [-0.2, 0) is 32.6 Å². The van der Waals surface area contributed by atoms with E-state index in [0.29, 0.717) is 40.9 Å². The van der Waals surface area contributed by atoms with Crippen molar-refractivity contribution in [1.29, 1.82) is 0 Å². The Labute approximate surface area is 186 Å². The molecule has 0 bridgehead atoms. The van der Waals surface area contributed by atoms with Gasteiger partial charge in [-0.3, -0.25) is 4.79 Å². The van der Waals surface area contributed by atoms with E-state index in [9.17, 15) is 13.2 Å². The number of carbonyl (C=O) groups is 1. The van der Waals surface area contributed by atoms with Crippen molar-refractivity contribution in [1.82, 2.24) is 4.31 Å². The number of benzene rings is 2. The summed E-state index contributed by atoms with van der Waals surface area (Å²) in [6.45, 7) is 1.35. The third kappa shape index (κ3) is 5.14. The van der Waals surface area contributed by atoms with Crippen molar-refractivity contribution in [3.05, 3.63) is 52.5 Å². The lowest BCUT2D eigenvalue weighted by molar-refractivity contribution is -0.144. The topological polar surface area (TPSA) is 82.1 Å². The average Bonchev–Trinajstić information content (AvgIpc) is 3.26. The lowest BCUT2D eigenvalue weighted by atomic mass is 10.1. The first kappa shape index (κ1) is 21.9. The van der Waals surface area contributed by atoms with Crippen LogP contribution in [-0.4, -0.2) is 38.6 Å². The molecule has 166 valence electrons. The number of nitrogens with zero attached hydrogens (tertiary/aromatic N) is 1. The first-order valence-corrected chi connectivity index (χ1v) is 12.1. The number of carbonyl (C=O) groups excluding carboxylic acids is 1. The van der Waals surface area contributed by atoms with Crippen LogP contribution in [0.5, 0.6) is 11.5 Å². The Morgan fingerprint density at radius 2 is 1.77 bits per heavy atom. The molecule has 0 amide bonds. The van der Waals surface area contributed by atoms with E-state index < -0.39 is 10.0 Å². The maximum absolute atomic E-state index is 12.7. The summed E-state index contributed by atoms with van der Waals surface area (Å²) in [5, 5.41) is 0.417.